The summed E-state index contributed by atoms with van der Waals surface area (Å²) in [5.41, 5.74) is 2.56. The van der Waals surface area contributed by atoms with Gasteiger partial charge >= 0.3 is 5.97 Å². The highest BCUT2D eigenvalue weighted by Gasteiger charge is 2.32. The number of carbonyl (C=O) groups excluding carboxylic acids is 1. The second-order valence-electron chi connectivity index (χ2n) is 11.9. The Balaban J connectivity index is 1.55. The molecule has 11 heteroatoms. The molecule has 50 heavy (non-hydrogen) atoms. The molecule has 0 N–H and O–H groups in total. The Hall–Kier alpha value is -5.52. The van der Waals surface area contributed by atoms with Gasteiger partial charge in [0.1, 0.15) is 5.52 Å². The van der Waals surface area contributed by atoms with E-state index in [1.165, 1.54) is 25.4 Å². The van der Waals surface area contributed by atoms with E-state index in [0.717, 1.165) is 15.1 Å². The van der Waals surface area contributed by atoms with E-state index >= 15 is 4.39 Å². The molecule has 0 unspecified atom stereocenters. The van der Waals surface area contributed by atoms with Crippen LogP contribution in [0.25, 0.3) is 22.2 Å². The zero-order valence-electron chi connectivity index (χ0n) is 27.4. The van der Waals surface area contributed by atoms with Gasteiger partial charge < -0.3 is 19.3 Å². The molecule has 0 saturated carbocycles. The van der Waals surface area contributed by atoms with Crippen LogP contribution >= 0.6 is 0 Å². The lowest BCUT2D eigenvalue weighted by Crippen LogP contribution is -2.36. The van der Waals surface area contributed by atoms with Crippen molar-refractivity contribution in [2.24, 2.45) is 0 Å². The summed E-state index contributed by atoms with van der Waals surface area (Å²) in [6.45, 7) is 2.59. The fourth-order valence-electron chi connectivity index (χ4n) is 6.38. The maximum atomic E-state index is 16.8. The summed E-state index contributed by atoms with van der Waals surface area (Å²) in [7, 11) is -3.16. The van der Waals surface area contributed by atoms with Crippen LogP contribution in [0.15, 0.2) is 126 Å². The number of rotatable bonds is 10. The Morgan fingerprint density at radius 2 is 1.46 bits per heavy atom. The Morgan fingerprint density at radius 1 is 0.860 bits per heavy atom. The number of fused-ring (bicyclic) bond motifs is 1. The first kappa shape index (κ1) is 33.0. The number of nitrogens with zero attached hydrogens (tertiary/aromatic N) is 4. The minimum absolute atomic E-state index is 0.00409. The highest BCUT2D eigenvalue weighted by atomic mass is 32.2. The monoisotopic (exact) mass is 690 g/mol. The maximum absolute atomic E-state index is 16.8. The summed E-state index contributed by atoms with van der Waals surface area (Å²) in [6, 6.07) is 34.0. The number of aromatic nitrogens is 2. The van der Waals surface area contributed by atoms with Gasteiger partial charge in [0.05, 0.1) is 42.2 Å². The molecule has 1 aliphatic heterocycles. The fraction of sp³-hybridized carbons (Fsp3) is 0.179. The molecule has 6 aromatic rings. The van der Waals surface area contributed by atoms with Crippen molar-refractivity contribution in [1.82, 2.24) is 8.96 Å². The third kappa shape index (κ3) is 6.33. The zero-order chi connectivity index (χ0) is 34.7. The SMILES string of the molecule is COC(=O)c1cnc(N(Cc2ccccc2)Cc2ccccc2)c2c1cc(-c1cccc(N3CCOCC3)c1F)n2S(=O)(=O)c1ccccc1. The van der Waals surface area contributed by atoms with Crippen molar-refractivity contribution < 1.29 is 27.1 Å². The molecule has 9 nitrogen and oxygen atoms in total. The Labute approximate surface area is 290 Å². The van der Waals surface area contributed by atoms with Gasteiger partial charge in [0.25, 0.3) is 10.0 Å². The number of ether oxygens (including phenoxy) is 2. The molecule has 2 aromatic heterocycles. The average molecular weight is 691 g/mol. The number of benzene rings is 4. The Bertz CT molecular complexity index is 2200. The lowest BCUT2D eigenvalue weighted by atomic mass is 10.1. The smallest absolute Gasteiger partial charge is 0.340 e. The molecule has 0 spiro atoms. The summed E-state index contributed by atoms with van der Waals surface area (Å²) in [4.78, 5) is 21.9. The van der Waals surface area contributed by atoms with Gasteiger partial charge in [-0.25, -0.2) is 26.6 Å². The third-order valence-electron chi connectivity index (χ3n) is 8.80. The van der Waals surface area contributed by atoms with Crippen LogP contribution in [0.4, 0.5) is 15.9 Å². The van der Waals surface area contributed by atoms with E-state index in [9.17, 15) is 13.2 Å². The van der Waals surface area contributed by atoms with Crippen LogP contribution in [0.5, 0.6) is 0 Å². The number of methoxy groups -OCH3 is 1. The van der Waals surface area contributed by atoms with E-state index < -0.39 is 21.8 Å². The number of anilines is 2. The molecule has 0 radical (unpaired) electrons. The predicted molar refractivity (Wildman–Crippen MR) is 191 cm³/mol. The average Bonchev–Trinajstić information content (AvgIpc) is 3.57. The van der Waals surface area contributed by atoms with Crippen LogP contribution in [0, 0.1) is 5.82 Å². The number of esters is 1. The lowest BCUT2D eigenvalue weighted by Gasteiger charge is -2.29. The van der Waals surface area contributed by atoms with Crippen LogP contribution in [0.2, 0.25) is 0 Å². The number of hydrogen-bond donors (Lipinski definition) is 0. The summed E-state index contributed by atoms with van der Waals surface area (Å²) >= 11 is 0. The number of carbonyl (C=O) groups is 1. The highest BCUT2D eigenvalue weighted by molar-refractivity contribution is 7.90. The standard InChI is InChI=1S/C39H35FN4O5S/c1-48-39(45)33-25-41-38(43(26-28-12-5-2-6-13-28)27-29-14-7-3-8-15-29)37-32(33)24-35(44(37)50(46,47)30-16-9-4-10-17-30)31-18-11-19-34(36(31)40)42-20-22-49-23-21-42/h2-19,24-25H,20-23,26-27H2,1H3. The minimum Gasteiger partial charge on any atom is -0.465 e. The van der Waals surface area contributed by atoms with Gasteiger partial charge in [0.15, 0.2) is 11.6 Å². The number of halogens is 1. The normalized spacial score (nSPS) is 13.4. The Kier molecular flexibility index (Phi) is 9.34. The summed E-state index contributed by atoms with van der Waals surface area (Å²) in [6.07, 6.45) is 1.40. The molecule has 0 amide bonds. The molecule has 1 saturated heterocycles. The molecule has 254 valence electrons. The number of pyridine rings is 1. The molecule has 4 aromatic carbocycles. The van der Waals surface area contributed by atoms with E-state index in [1.54, 1.807) is 42.5 Å². The van der Waals surface area contributed by atoms with Gasteiger partial charge in [0.2, 0.25) is 0 Å². The van der Waals surface area contributed by atoms with Crippen LogP contribution in [0.3, 0.4) is 0 Å². The molecule has 3 heterocycles. The molecule has 7 rings (SSSR count). The van der Waals surface area contributed by atoms with Crippen LogP contribution in [0.1, 0.15) is 21.5 Å². The highest BCUT2D eigenvalue weighted by Crippen LogP contribution is 2.41. The zero-order valence-corrected chi connectivity index (χ0v) is 28.2. The molecular weight excluding hydrogens is 656 g/mol. The predicted octanol–water partition coefficient (Wildman–Crippen LogP) is 6.91. The van der Waals surface area contributed by atoms with Crippen molar-refractivity contribution in [2.75, 3.05) is 43.2 Å². The molecular formula is C39H35FN4O5S. The topological polar surface area (TPSA) is 94.0 Å². The van der Waals surface area contributed by atoms with E-state index in [-0.39, 0.29) is 32.6 Å². The quantitative estimate of drug-likeness (QED) is 0.143. The molecule has 0 bridgehead atoms. The first-order valence-electron chi connectivity index (χ1n) is 16.2. The Morgan fingerprint density at radius 3 is 2.06 bits per heavy atom. The van der Waals surface area contributed by atoms with Crippen molar-refractivity contribution >= 4 is 38.4 Å². The van der Waals surface area contributed by atoms with E-state index in [1.807, 2.05) is 70.5 Å². The summed E-state index contributed by atoms with van der Waals surface area (Å²) in [5.74, 6) is -0.979. The number of morpholine rings is 1. The van der Waals surface area contributed by atoms with Crippen molar-refractivity contribution in [3.63, 3.8) is 0 Å². The van der Waals surface area contributed by atoms with Gasteiger partial charge in [-0.1, -0.05) is 84.9 Å². The van der Waals surface area contributed by atoms with Gasteiger partial charge in [-0.05, 0) is 41.5 Å². The summed E-state index contributed by atoms with van der Waals surface area (Å²) < 4.78 is 58.3. The minimum atomic E-state index is -4.41. The van der Waals surface area contributed by atoms with Gasteiger partial charge in [-0.3, -0.25) is 0 Å². The molecule has 1 aliphatic rings. The van der Waals surface area contributed by atoms with E-state index in [2.05, 4.69) is 0 Å². The first-order chi connectivity index (χ1) is 24.4. The van der Waals surface area contributed by atoms with Gasteiger partial charge in [-0.15, -0.1) is 0 Å². The molecule has 0 aliphatic carbocycles. The fourth-order valence-corrected chi connectivity index (χ4v) is 7.93. The lowest BCUT2D eigenvalue weighted by molar-refractivity contribution is 0.0602. The first-order valence-corrected chi connectivity index (χ1v) is 17.7. The molecule has 0 atom stereocenters. The number of hydrogen-bond acceptors (Lipinski definition) is 8. The summed E-state index contributed by atoms with van der Waals surface area (Å²) in [5, 5.41) is 0.263. The van der Waals surface area contributed by atoms with Crippen molar-refractivity contribution in [3.05, 3.63) is 144 Å². The second-order valence-corrected chi connectivity index (χ2v) is 13.7. The van der Waals surface area contributed by atoms with Crippen molar-refractivity contribution in [3.8, 4) is 11.3 Å². The van der Waals surface area contributed by atoms with E-state index in [4.69, 9.17) is 14.5 Å². The third-order valence-corrected chi connectivity index (χ3v) is 10.5. The van der Waals surface area contributed by atoms with Crippen molar-refractivity contribution in [1.29, 1.82) is 0 Å². The van der Waals surface area contributed by atoms with Crippen LogP contribution in [-0.2, 0) is 32.6 Å². The maximum Gasteiger partial charge on any atom is 0.340 e. The van der Waals surface area contributed by atoms with Gasteiger partial charge in [0, 0.05) is 43.3 Å². The van der Waals surface area contributed by atoms with Crippen LogP contribution in [-0.4, -0.2) is 56.8 Å². The largest absolute Gasteiger partial charge is 0.465 e. The van der Waals surface area contributed by atoms with E-state index in [0.29, 0.717) is 50.9 Å². The second kappa shape index (κ2) is 14.1. The van der Waals surface area contributed by atoms with Crippen LogP contribution < -0.4 is 9.80 Å². The van der Waals surface area contributed by atoms with Gasteiger partial charge in [-0.2, -0.15) is 0 Å². The van der Waals surface area contributed by atoms with Crippen molar-refractivity contribution in [2.45, 2.75) is 18.0 Å². The molecule has 1 fully saturated rings.